The Morgan fingerprint density at radius 2 is 1.71 bits per heavy atom. The Balaban J connectivity index is 1.52. The molecule has 4 aromatic rings. The number of benzene rings is 2. The van der Waals surface area contributed by atoms with E-state index < -0.39 is 17.2 Å². The molecule has 2 heterocycles. The van der Waals surface area contributed by atoms with Gasteiger partial charge in [-0.3, -0.25) is 4.40 Å². The number of alkyl carbamates (subject to hydrolysis) is 1. The fourth-order valence-electron chi connectivity index (χ4n) is 4.55. The second-order valence-electron chi connectivity index (χ2n) is 9.89. The summed E-state index contributed by atoms with van der Waals surface area (Å²) >= 11 is 0. The first-order chi connectivity index (χ1) is 16.2. The van der Waals surface area contributed by atoms with E-state index in [1.165, 1.54) is 12.3 Å². The molecule has 5 nitrogen and oxygen atoms in total. The molecule has 0 radical (unpaired) electrons. The molecular weight excluding hydrogens is 429 g/mol. The van der Waals surface area contributed by atoms with Crippen LogP contribution < -0.4 is 5.32 Å². The normalized spacial score (nSPS) is 15.1. The van der Waals surface area contributed by atoms with Gasteiger partial charge in [0.15, 0.2) is 0 Å². The zero-order chi connectivity index (χ0) is 23.9. The standard InChI is InChI=1S/C28H28FN3O2/c1-27(2,3)34-26(33)31-28(16-7-17-28)21-12-10-19(11-13-21)24-25(20-8-5-4-6-9-20)32-18-22(29)14-15-23(32)30-24/h4-6,8-15,18H,7,16-17H2,1-3H3,(H,31,33). The second kappa shape index (κ2) is 8.28. The molecule has 0 atom stereocenters. The maximum atomic E-state index is 14.1. The van der Waals surface area contributed by atoms with Crippen molar-refractivity contribution in [1.82, 2.24) is 14.7 Å². The summed E-state index contributed by atoms with van der Waals surface area (Å²) in [5, 5.41) is 3.10. The Hall–Kier alpha value is -3.67. The average molecular weight is 458 g/mol. The minimum absolute atomic E-state index is 0.316. The third kappa shape index (κ3) is 4.16. The Labute approximate surface area is 198 Å². The number of nitrogens with zero attached hydrogens (tertiary/aromatic N) is 2. The number of amides is 1. The van der Waals surface area contributed by atoms with Gasteiger partial charge in [0.05, 0.1) is 16.9 Å². The lowest BCUT2D eigenvalue weighted by atomic mass is 9.71. The minimum Gasteiger partial charge on any atom is -0.444 e. The molecule has 0 bridgehead atoms. The van der Waals surface area contributed by atoms with Crippen LogP contribution in [0.2, 0.25) is 0 Å². The Morgan fingerprint density at radius 3 is 2.32 bits per heavy atom. The number of hydrogen-bond acceptors (Lipinski definition) is 3. The van der Waals surface area contributed by atoms with E-state index in [4.69, 9.17) is 9.72 Å². The predicted octanol–water partition coefficient (Wildman–Crippen LogP) is 6.71. The molecule has 2 aromatic carbocycles. The van der Waals surface area contributed by atoms with Gasteiger partial charge in [0.25, 0.3) is 0 Å². The van der Waals surface area contributed by atoms with Gasteiger partial charge >= 0.3 is 6.09 Å². The van der Waals surface area contributed by atoms with Crippen molar-refractivity contribution in [2.45, 2.75) is 51.2 Å². The van der Waals surface area contributed by atoms with Crippen molar-refractivity contribution in [3.63, 3.8) is 0 Å². The average Bonchev–Trinajstić information content (AvgIpc) is 3.14. The van der Waals surface area contributed by atoms with Gasteiger partial charge in [0.2, 0.25) is 0 Å². The third-order valence-electron chi connectivity index (χ3n) is 6.29. The summed E-state index contributed by atoms with van der Waals surface area (Å²) in [6, 6.07) is 21.1. The van der Waals surface area contributed by atoms with Gasteiger partial charge in [0, 0.05) is 17.3 Å². The monoisotopic (exact) mass is 457 g/mol. The Bertz CT molecular complexity index is 1330. The first kappa shape index (κ1) is 22.1. The quantitative estimate of drug-likeness (QED) is 0.370. The first-order valence-electron chi connectivity index (χ1n) is 11.6. The van der Waals surface area contributed by atoms with E-state index in [1.807, 2.05) is 75.4 Å². The lowest BCUT2D eigenvalue weighted by Gasteiger charge is -2.43. The molecule has 1 aliphatic rings. The first-order valence-corrected chi connectivity index (χ1v) is 11.6. The number of carbonyl (C=O) groups is 1. The van der Waals surface area contributed by atoms with Crippen molar-refractivity contribution in [2.75, 3.05) is 0 Å². The van der Waals surface area contributed by atoms with Crippen LogP contribution in [0.15, 0.2) is 72.9 Å². The van der Waals surface area contributed by atoms with E-state index in [0.29, 0.717) is 5.65 Å². The highest BCUT2D eigenvalue weighted by molar-refractivity contribution is 5.82. The fraction of sp³-hybridized carbons (Fsp3) is 0.286. The summed E-state index contributed by atoms with van der Waals surface area (Å²) in [7, 11) is 0. The lowest BCUT2D eigenvalue weighted by Crippen LogP contribution is -2.52. The lowest BCUT2D eigenvalue weighted by molar-refractivity contribution is 0.0377. The molecular formula is C28H28FN3O2. The molecule has 0 spiro atoms. The zero-order valence-corrected chi connectivity index (χ0v) is 19.6. The van der Waals surface area contributed by atoms with Crippen LogP contribution in [0, 0.1) is 5.82 Å². The highest BCUT2D eigenvalue weighted by Gasteiger charge is 2.41. The number of rotatable bonds is 4. The van der Waals surface area contributed by atoms with Gasteiger partial charge in [-0.2, -0.15) is 0 Å². The maximum Gasteiger partial charge on any atom is 0.408 e. The zero-order valence-electron chi connectivity index (χ0n) is 19.6. The Morgan fingerprint density at radius 1 is 1.00 bits per heavy atom. The molecule has 1 saturated carbocycles. The molecule has 1 N–H and O–H groups in total. The second-order valence-corrected chi connectivity index (χ2v) is 9.89. The molecule has 6 heteroatoms. The number of pyridine rings is 1. The van der Waals surface area contributed by atoms with Gasteiger partial charge in [0.1, 0.15) is 17.1 Å². The van der Waals surface area contributed by atoms with Crippen LogP contribution in [0.3, 0.4) is 0 Å². The van der Waals surface area contributed by atoms with Crippen molar-refractivity contribution < 1.29 is 13.9 Å². The Kier molecular flexibility index (Phi) is 5.39. The van der Waals surface area contributed by atoms with Crippen LogP contribution in [-0.2, 0) is 10.3 Å². The van der Waals surface area contributed by atoms with Crippen LogP contribution in [0.5, 0.6) is 0 Å². The van der Waals surface area contributed by atoms with Gasteiger partial charge in [-0.25, -0.2) is 14.2 Å². The van der Waals surface area contributed by atoms with Crippen molar-refractivity contribution in [3.05, 3.63) is 84.3 Å². The van der Waals surface area contributed by atoms with E-state index >= 15 is 0 Å². The minimum atomic E-state index is -0.546. The molecule has 34 heavy (non-hydrogen) atoms. The highest BCUT2D eigenvalue weighted by atomic mass is 19.1. The maximum absolute atomic E-state index is 14.1. The summed E-state index contributed by atoms with van der Waals surface area (Å²) in [5.41, 5.74) is 4.28. The number of nitrogens with one attached hydrogen (secondary N) is 1. The SMILES string of the molecule is CC(C)(C)OC(=O)NC1(c2ccc(-c3nc4ccc(F)cn4c3-c3ccccc3)cc2)CCC1. The summed E-state index contributed by atoms with van der Waals surface area (Å²) in [4.78, 5) is 17.3. The summed E-state index contributed by atoms with van der Waals surface area (Å²) < 4.78 is 21.4. The van der Waals surface area contributed by atoms with Crippen molar-refractivity contribution in [3.8, 4) is 22.5 Å². The van der Waals surface area contributed by atoms with E-state index in [0.717, 1.165) is 47.3 Å². The number of hydrogen-bond donors (Lipinski definition) is 1. The summed E-state index contributed by atoms with van der Waals surface area (Å²) in [6.45, 7) is 5.58. The van der Waals surface area contributed by atoms with Crippen LogP contribution in [0.25, 0.3) is 28.2 Å². The van der Waals surface area contributed by atoms with Crippen molar-refractivity contribution >= 4 is 11.7 Å². The number of carbonyl (C=O) groups excluding carboxylic acids is 1. The van der Waals surface area contributed by atoms with E-state index in [-0.39, 0.29) is 5.82 Å². The van der Waals surface area contributed by atoms with Crippen LogP contribution in [0.4, 0.5) is 9.18 Å². The highest BCUT2D eigenvalue weighted by Crippen LogP contribution is 2.42. The molecule has 2 aromatic heterocycles. The smallest absolute Gasteiger partial charge is 0.408 e. The third-order valence-corrected chi connectivity index (χ3v) is 6.29. The van der Waals surface area contributed by atoms with Crippen molar-refractivity contribution in [1.29, 1.82) is 0 Å². The van der Waals surface area contributed by atoms with E-state index in [2.05, 4.69) is 5.32 Å². The predicted molar refractivity (Wildman–Crippen MR) is 131 cm³/mol. The van der Waals surface area contributed by atoms with Gasteiger partial charge < -0.3 is 10.1 Å². The fourth-order valence-corrected chi connectivity index (χ4v) is 4.55. The summed E-state index contributed by atoms with van der Waals surface area (Å²) in [5.74, 6) is -0.316. The van der Waals surface area contributed by atoms with Crippen LogP contribution >= 0.6 is 0 Å². The van der Waals surface area contributed by atoms with E-state index in [1.54, 1.807) is 10.5 Å². The van der Waals surface area contributed by atoms with Crippen LogP contribution in [-0.4, -0.2) is 21.1 Å². The molecule has 1 aliphatic carbocycles. The number of aromatic nitrogens is 2. The molecule has 5 rings (SSSR count). The molecule has 174 valence electrons. The molecule has 0 aliphatic heterocycles. The largest absolute Gasteiger partial charge is 0.444 e. The van der Waals surface area contributed by atoms with Gasteiger partial charge in [-0.1, -0.05) is 54.6 Å². The van der Waals surface area contributed by atoms with Crippen molar-refractivity contribution in [2.24, 2.45) is 0 Å². The molecule has 1 fully saturated rings. The number of imidazole rings is 1. The number of halogens is 1. The van der Waals surface area contributed by atoms with Gasteiger partial charge in [-0.15, -0.1) is 0 Å². The topological polar surface area (TPSA) is 55.6 Å². The van der Waals surface area contributed by atoms with Gasteiger partial charge in [-0.05, 0) is 57.7 Å². The van der Waals surface area contributed by atoms with E-state index in [9.17, 15) is 9.18 Å². The molecule has 0 unspecified atom stereocenters. The molecule has 0 saturated heterocycles. The van der Waals surface area contributed by atoms with Crippen LogP contribution in [0.1, 0.15) is 45.6 Å². The number of ether oxygens (including phenoxy) is 1. The number of fused-ring (bicyclic) bond motifs is 1. The summed E-state index contributed by atoms with van der Waals surface area (Å²) in [6.07, 6.45) is 3.86. The molecule has 1 amide bonds.